The van der Waals surface area contributed by atoms with E-state index < -0.39 is 0 Å². The Kier molecular flexibility index (Phi) is 5.20. The summed E-state index contributed by atoms with van der Waals surface area (Å²) in [5, 5.41) is 5.65. The number of rotatable bonds is 3. The van der Waals surface area contributed by atoms with Crippen LogP contribution in [-0.2, 0) is 4.79 Å². The summed E-state index contributed by atoms with van der Waals surface area (Å²) in [5.74, 6) is 1.14. The van der Waals surface area contributed by atoms with Crippen LogP contribution in [0.3, 0.4) is 0 Å². The van der Waals surface area contributed by atoms with E-state index in [-0.39, 0.29) is 23.8 Å². The second-order valence-electron chi connectivity index (χ2n) is 7.16. The largest absolute Gasteiger partial charge is 0.337 e. The predicted molar refractivity (Wildman–Crippen MR) is 98.1 cm³/mol. The van der Waals surface area contributed by atoms with Gasteiger partial charge in [0.1, 0.15) is 11.7 Å². The number of aromatic nitrogens is 3. The fourth-order valence-electron chi connectivity index (χ4n) is 3.99. The van der Waals surface area contributed by atoms with E-state index in [9.17, 15) is 9.59 Å². The van der Waals surface area contributed by atoms with Crippen LogP contribution in [0, 0.1) is 12.8 Å². The van der Waals surface area contributed by atoms with Crippen LogP contribution < -0.4 is 0 Å². The zero-order valence-corrected chi connectivity index (χ0v) is 16.2. The summed E-state index contributed by atoms with van der Waals surface area (Å²) < 4.78 is 5.40. The van der Waals surface area contributed by atoms with Crippen molar-refractivity contribution in [1.82, 2.24) is 24.9 Å². The zero-order chi connectivity index (χ0) is 18.8. The fraction of sp³-hybridized carbons (Fsp3) is 0.611. The average molecular weight is 389 g/mol. The molecule has 1 saturated carbocycles. The molecule has 1 aliphatic heterocycles. The van der Waals surface area contributed by atoms with Crippen LogP contribution in [0.1, 0.15) is 60.3 Å². The van der Waals surface area contributed by atoms with Crippen LogP contribution in [0.4, 0.5) is 0 Å². The zero-order valence-electron chi connectivity index (χ0n) is 15.3. The molecule has 9 heteroatoms. The Bertz CT molecular complexity index is 800. The maximum Gasteiger partial charge on any atom is 0.273 e. The maximum atomic E-state index is 13.2. The van der Waals surface area contributed by atoms with E-state index in [4.69, 9.17) is 4.52 Å². The summed E-state index contributed by atoms with van der Waals surface area (Å²) >= 11 is 1.40. The van der Waals surface area contributed by atoms with Crippen molar-refractivity contribution in [3.63, 3.8) is 0 Å². The number of hydrogen-bond donors (Lipinski definition) is 0. The van der Waals surface area contributed by atoms with E-state index in [2.05, 4.69) is 15.1 Å². The molecule has 0 spiro atoms. The molecule has 0 radical (unpaired) electrons. The molecule has 1 saturated heterocycles. The number of carbonyl (C=O) groups is 2. The van der Waals surface area contributed by atoms with Gasteiger partial charge in [0.05, 0.1) is 5.51 Å². The van der Waals surface area contributed by atoms with E-state index >= 15 is 0 Å². The van der Waals surface area contributed by atoms with Crippen molar-refractivity contribution < 1.29 is 14.1 Å². The van der Waals surface area contributed by atoms with Crippen LogP contribution in [0.25, 0.3) is 0 Å². The molecule has 0 bridgehead atoms. The van der Waals surface area contributed by atoms with Gasteiger partial charge in [0.25, 0.3) is 5.91 Å². The lowest BCUT2D eigenvalue weighted by Crippen LogP contribution is -2.41. The Hall–Kier alpha value is -2.29. The minimum absolute atomic E-state index is 0.0670. The number of thiazole rings is 1. The first kappa shape index (κ1) is 18.1. The van der Waals surface area contributed by atoms with Gasteiger partial charge in [-0.3, -0.25) is 9.59 Å². The van der Waals surface area contributed by atoms with Gasteiger partial charge in [-0.25, -0.2) is 4.98 Å². The fourth-order valence-corrected chi connectivity index (χ4v) is 4.52. The maximum absolute atomic E-state index is 13.2. The molecule has 1 aliphatic carbocycles. The smallest absolute Gasteiger partial charge is 0.273 e. The first-order valence-electron chi connectivity index (χ1n) is 9.41. The summed E-state index contributed by atoms with van der Waals surface area (Å²) in [5.41, 5.74) is 2.12. The summed E-state index contributed by atoms with van der Waals surface area (Å²) in [6, 6.07) is -0.285. The summed E-state index contributed by atoms with van der Waals surface area (Å²) in [7, 11) is 0. The number of carbonyl (C=O) groups excluding carboxylic acids is 2. The standard InChI is InChI=1S/C18H23N5O3S/c1-12-20-16(26-21-12)15-6-7-22(18(25)14-10-27-11-19-14)8-9-23(15)17(24)13-4-2-3-5-13/h10-11,13,15H,2-9H2,1H3. The Balaban J connectivity index is 1.57. The minimum Gasteiger partial charge on any atom is -0.337 e. The first-order valence-corrected chi connectivity index (χ1v) is 10.4. The third kappa shape index (κ3) is 3.73. The molecule has 8 nitrogen and oxygen atoms in total. The van der Waals surface area contributed by atoms with Crippen molar-refractivity contribution in [2.75, 3.05) is 19.6 Å². The monoisotopic (exact) mass is 389 g/mol. The highest BCUT2D eigenvalue weighted by Gasteiger charge is 2.37. The molecule has 1 unspecified atom stereocenters. The minimum atomic E-state index is -0.285. The quantitative estimate of drug-likeness (QED) is 0.801. The van der Waals surface area contributed by atoms with Crippen molar-refractivity contribution in [1.29, 1.82) is 0 Å². The van der Waals surface area contributed by atoms with E-state index in [0.717, 1.165) is 25.7 Å². The van der Waals surface area contributed by atoms with Gasteiger partial charge in [-0.1, -0.05) is 18.0 Å². The van der Waals surface area contributed by atoms with E-state index in [1.54, 1.807) is 22.7 Å². The molecular formula is C18H23N5O3S. The SMILES string of the molecule is Cc1noc(C2CCN(C(=O)c3cscn3)CCN2C(=O)C2CCCC2)n1. The predicted octanol–water partition coefficient (Wildman–Crippen LogP) is 2.44. The Labute approximate surface area is 161 Å². The van der Waals surface area contributed by atoms with E-state index in [0.29, 0.717) is 43.5 Å². The average Bonchev–Trinajstić information content (AvgIpc) is 3.41. The van der Waals surface area contributed by atoms with Crippen LogP contribution in [0.5, 0.6) is 0 Å². The lowest BCUT2D eigenvalue weighted by molar-refractivity contribution is -0.138. The Morgan fingerprint density at radius 2 is 2.00 bits per heavy atom. The lowest BCUT2D eigenvalue weighted by Gasteiger charge is -2.29. The van der Waals surface area contributed by atoms with Crippen molar-refractivity contribution in [2.24, 2.45) is 5.92 Å². The van der Waals surface area contributed by atoms with Gasteiger partial charge in [-0.2, -0.15) is 4.98 Å². The molecule has 27 heavy (non-hydrogen) atoms. The van der Waals surface area contributed by atoms with Crippen LogP contribution >= 0.6 is 11.3 Å². The normalized spacial score (nSPS) is 21.4. The number of amides is 2. The van der Waals surface area contributed by atoms with E-state index in [1.165, 1.54) is 11.3 Å². The van der Waals surface area contributed by atoms with E-state index in [1.807, 2.05) is 4.90 Å². The topological polar surface area (TPSA) is 92.4 Å². The van der Waals surface area contributed by atoms with Crippen molar-refractivity contribution in [2.45, 2.75) is 45.1 Å². The molecule has 2 aromatic heterocycles. The molecular weight excluding hydrogens is 366 g/mol. The number of hydrogen-bond acceptors (Lipinski definition) is 7. The Morgan fingerprint density at radius 1 is 1.19 bits per heavy atom. The second-order valence-corrected chi connectivity index (χ2v) is 7.88. The van der Waals surface area contributed by atoms with Gasteiger partial charge in [-0.15, -0.1) is 11.3 Å². The van der Waals surface area contributed by atoms with Gasteiger partial charge < -0.3 is 14.3 Å². The number of nitrogens with zero attached hydrogens (tertiary/aromatic N) is 5. The highest BCUT2D eigenvalue weighted by molar-refractivity contribution is 7.07. The molecule has 0 aromatic carbocycles. The molecule has 0 N–H and O–H groups in total. The number of aryl methyl sites for hydroxylation is 1. The molecule has 2 aliphatic rings. The van der Waals surface area contributed by atoms with Crippen molar-refractivity contribution in [3.05, 3.63) is 28.3 Å². The van der Waals surface area contributed by atoms with Crippen LogP contribution in [-0.4, -0.2) is 56.4 Å². The lowest BCUT2D eigenvalue weighted by atomic mass is 10.0. The molecule has 2 fully saturated rings. The Morgan fingerprint density at radius 3 is 2.67 bits per heavy atom. The van der Waals surface area contributed by atoms with Gasteiger partial charge in [0.15, 0.2) is 5.82 Å². The molecule has 3 heterocycles. The second kappa shape index (κ2) is 7.75. The molecule has 144 valence electrons. The van der Waals surface area contributed by atoms with Crippen molar-refractivity contribution in [3.8, 4) is 0 Å². The highest BCUT2D eigenvalue weighted by atomic mass is 32.1. The van der Waals surface area contributed by atoms with Crippen molar-refractivity contribution >= 4 is 23.2 Å². The molecule has 2 amide bonds. The molecule has 1 atom stereocenters. The summed E-state index contributed by atoms with van der Waals surface area (Å²) in [6.45, 7) is 3.25. The van der Waals surface area contributed by atoms with Gasteiger partial charge >= 0.3 is 0 Å². The summed E-state index contributed by atoms with van der Waals surface area (Å²) in [6.07, 6.45) is 4.65. The summed E-state index contributed by atoms with van der Waals surface area (Å²) in [4.78, 5) is 38.0. The van der Waals surface area contributed by atoms with Crippen LogP contribution in [0.2, 0.25) is 0 Å². The van der Waals surface area contributed by atoms with Gasteiger partial charge in [0.2, 0.25) is 11.8 Å². The van der Waals surface area contributed by atoms with Gasteiger partial charge in [-0.05, 0) is 26.2 Å². The third-order valence-electron chi connectivity index (χ3n) is 5.41. The first-order chi connectivity index (χ1) is 13.1. The van der Waals surface area contributed by atoms with Crippen LogP contribution in [0.15, 0.2) is 15.4 Å². The molecule has 2 aromatic rings. The highest BCUT2D eigenvalue weighted by Crippen LogP contribution is 2.32. The molecule has 4 rings (SSSR count). The third-order valence-corrected chi connectivity index (χ3v) is 6.00. The van der Waals surface area contributed by atoms with Gasteiger partial charge in [0, 0.05) is 30.9 Å².